The zero-order chi connectivity index (χ0) is 18.4. The van der Waals surface area contributed by atoms with Gasteiger partial charge in [0, 0.05) is 11.8 Å². The molecule has 2 aromatic heterocycles. The summed E-state index contributed by atoms with van der Waals surface area (Å²) in [5.41, 5.74) is 4.74. The Morgan fingerprint density at radius 2 is 2.00 bits per heavy atom. The number of hydrazone groups is 1. The first-order valence-electron chi connectivity index (χ1n) is 7.73. The molecule has 0 bridgehead atoms. The van der Waals surface area contributed by atoms with Crippen LogP contribution in [0.1, 0.15) is 16.2 Å². The molecule has 0 radical (unpaired) electrons. The molecule has 0 saturated carbocycles. The predicted molar refractivity (Wildman–Crippen MR) is 96.4 cm³/mol. The van der Waals surface area contributed by atoms with E-state index in [9.17, 15) is 4.79 Å². The van der Waals surface area contributed by atoms with E-state index in [1.54, 1.807) is 50.7 Å². The van der Waals surface area contributed by atoms with Crippen molar-refractivity contribution in [1.82, 2.24) is 20.6 Å². The number of hydrogen-bond acceptors (Lipinski definition) is 6. The first kappa shape index (κ1) is 17.2. The third-order valence-corrected chi connectivity index (χ3v) is 3.55. The SMILES string of the molecule is COc1ccc(-c2cc(C(=O)NN=Cc3ccccn3)[nH]n2)cc1OC. The average molecular weight is 351 g/mol. The minimum absolute atomic E-state index is 0.285. The zero-order valence-corrected chi connectivity index (χ0v) is 14.3. The van der Waals surface area contributed by atoms with Crippen LogP contribution >= 0.6 is 0 Å². The fraction of sp³-hybridized carbons (Fsp3) is 0.111. The molecule has 3 aromatic rings. The Bertz CT molecular complexity index is 922. The Hall–Kier alpha value is -3.68. The fourth-order valence-electron chi connectivity index (χ4n) is 2.25. The molecule has 0 aliphatic carbocycles. The Labute approximate surface area is 149 Å². The molecule has 0 unspecified atom stereocenters. The van der Waals surface area contributed by atoms with Gasteiger partial charge >= 0.3 is 0 Å². The van der Waals surface area contributed by atoms with Crippen molar-refractivity contribution < 1.29 is 14.3 Å². The number of pyridine rings is 1. The molecule has 0 atom stereocenters. The lowest BCUT2D eigenvalue weighted by Gasteiger charge is -2.08. The number of methoxy groups -OCH3 is 2. The first-order chi connectivity index (χ1) is 12.7. The van der Waals surface area contributed by atoms with Crippen LogP contribution in [-0.2, 0) is 0 Å². The molecular formula is C18H17N5O3. The van der Waals surface area contributed by atoms with Gasteiger partial charge in [-0.2, -0.15) is 10.2 Å². The second-order valence-corrected chi connectivity index (χ2v) is 5.19. The number of carbonyl (C=O) groups excluding carboxylic acids is 1. The van der Waals surface area contributed by atoms with Crippen molar-refractivity contribution in [2.75, 3.05) is 14.2 Å². The van der Waals surface area contributed by atoms with Crippen LogP contribution in [0.3, 0.4) is 0 Å². The summed E-state index contributed by atoms with van der Waals surface area (Å²) in [6.07, 6.45) is 3.11. The molecule has 8 nitrogen and oxygen atoms in total. The minimum atomic E-state index is -0.406. The lowest BCUT2D eigenvalue weighted by Crippen LogP contribution is -2.18. The molecule has 3 rings (SSSR count). The van der Waals surface area contributed by atoms with Gasteiger partial charge in [0.1, 0.15) is 5.69 Å². The molecule has 132 valence electrons. The highest BCUT2D eigenvalue weighted by atomic mass is 16.5. The van der Waals surface area contributed by atoms with Crippen molar-refractivity contribution in [2.24, 2.45) is 5.10 Å². The summed E-state index contributed by atoms with van der Waals surface area (Å²) in [6, 6.07) is 12.4. The number of rotatable bonds is 6. The minimum Gasteiger partial charge on any atom is -0.493 e. The van der Waals surface area contributed by atoms with Crippen LogP contribution in [-0.4, -0.2) is 41.5 Å². The molecular weight excluding hydrogens is 334 g/mol. The fourth-order valence-corrected chi connectivity index (χ4v) is 2.25. The van der Waals surface area contributed by atoms with E-state index in [0.717, 1.165) is 5.56 Å². The molecule has 2 N–H and O–H groups in total. The molecule has 0 saturated heterocycles. The second kappa shape index (κ2) is 7.93. The number of nitrogens with zero attached hydrogens (tertiary/aromatic N) is 3. The maximum absolute atomic E-state index is 12.1. The Kier molecular flexibility index (Phi) is 5.23. The van der Waals surface area contributed by atoms with E-state index >= 15 is 0 Å². The van der Waals surface area contributed by atoms with Crippen molar-refractivity contribution in [3.05, 3.63) is 60.0 Å². The number of nitrogens with one attached hydrogen (secondary N) is 2. The van der Waals surface area contributed by atoms with Crippen LogP contribution in [0.2, 0.25) is 0 Å². The summed E-state index contributed by atoms with van der Waals surface area (Å²) in [5, 5.41) is 10.7. The third-order valence-electron chi connectivity index (χ3n) is 3.55. The zero-order valence-electron chi connectivity index (χ0n) is 14.3. The van der Waals surface area contributed by atoms with Crippen molar-refractivity contribution in [3.8, 4) is 22.8 Å². The maximum atomic E-state index is 12.1. The largest absolute Gasteiger partial charge is 0.493 e. The number of aromatic amines is 1. The van der Waals surface area contributed by atoms with Crippen LogP contribution < -0.4 is 14.9 Å². The summed E-state index contributed by atoms with van der Waals surface area (Å²) in [5.74, 6) is 0.795. The van der Waals surface area contributed by atoms with Crippen LogP contribution in [0.15, 0.2) is 53.8 Å². The lowest BCUT2D eigenvalue weighted by molar-refractivity contribution is 0.0950. The van der Waals surface area contributed by atoms with Crippen LogP contribution in [0.25, 0.3) is 11.3 Å². The van der Waals surface area contributed by atoms with Crippen molar-refractivity contribution in [1.29, 1.82) is 0 Å². The summed E-state index contributed by atoms with van der Waals surface area (Å²) >= 11 is 0. The highest BCUT2D eigenvalue weighted by Crippen LogP contribution is 2.31. The molecule has 0 spiro atoms. The summed E-state index contributed by atoms with van der Waals surface area (Å²) in [7, 11) is 3.13. The topological polar surface area (TPSA) is 101 Å². The van der Waals surface area contributed by atoms with Gasteiger partial charge in [0.25, 0.3) is 5.91 Å². The highest BCUT2D eigenvalue weighted by molar-refractivity contribution is 5.94. The second-order valence-electron chi connectivity index (χ2n) is 5.19. The van der Waals surface area contributed by atoms with E-state index < -0.39 is 5.91 Å². The van der Waals surface area contributed by atoms with Gasteiger partial charge in [0.05, 0.1) is 31.8 Å². The van der Waals surface area contributed by atoms with E-state index in [1.165, 1.54) is 6.21 Å². The first-order valence-corrected chi connectivity index (χ1v) is 7.73. The van der Waals surface area contributed by atoms with E-state index in [4.69, 9.17) is 9.47 Å². The van der Waals surface area contributed by atoms with E-state index in [2.05, 4.69) is 25.7 Å². The van der Waals surface area contributed by atoms with Crippen LogP contribution in [0, 0.1) is 0 Å². The number of benzene rings is 1. The Balaban J connectivity index is 1.71. The molecule has 1 aromatic carbocycles. The summed E-state index contributed by atoms with van der Waals surface area (Å²) in [4.78, 5) is 16.2. The van der Waals surface area contributed by atoms with Crippen molar-refractivity contribution >= 4 is 12.1 Å². The smallest absolute Gasteiger partial charge is 0.289 e. The molecule has 26 heavy (non-hydrogen) atoms. The standard InChI is InChI=1S/C18H17N5O3/c1-25-16-7-6-12(9-17(16)26-2)14-10-15(22-21-14)18(24)23-20-11-13-5-3-4-8-19-13/h3-11H,1-2H3,(H,21,22)(H,23,24). The van der Waals surface area contributed by atoms with Gasteiger partial charge in [-0.15, -0.1) is 0 Å². The van der Waals surface area contributed by atoms with Gasteiger partial charge in [-0.25, -0.2) is 5.43 Å². The number of aromatic nitrogens is 3. The van der Waals surface area contributed by atoms with E-state index in [1.807, 2.05) is 12.1 Å². The number of hydrogen-bond donors (Lipinski definition) is 2. The number of ether oxygens (including phenoxy) is 2. The van der Waals surface area contributed by atoms with Crippen LogP contribution in [0.5, 0.6) is 11.5 Å². The highest BCUT2D eigenvalue weighted by Gasteiger charge is 2.12. The normalized spacial score (nSPS) is 10.7. The average Bonchev–Trinajstić information content (AvgIpc) is 3.18. The van der Waals surface area contributed by atoms with Gasteiger partial charge in [-0.05, 0) is 36.4 Å². The molecule has 0 aliphatic heterocycles. The number of H-pyrrole nitrogens is 1. The molecule has 2 heterocycles. The molecule has 8 heteroatoms. The monoisotopic (exact) mass is 351 g/mol. The van der Waals surface area contributed by atoms with E-state index in [-0.39, 0.29) is 5.69 Å². The van der Waals surface area contributed by atoms with Gasteiger partial charge in [0.2, 0.25) is 0 Å². The number of carbonyl (C=O) groups is 1. The van der Waals surface area contributed by atoms with Crippen LogP contribution in [0.4, 0.5) is 0 Å². The quantitative estimate of drug-likeness (QED) is 0.524. The molecule has 0 fully saturated rings. The Morgan fingerprint density at radius 3 is 2.73 bits per heavy atom. The molecule has 0 aliphatic rings. The molecule has 1 amide bonds. The lowest BCUT2D eigenvalue weighted by atomic mass is 10.1. The number of amides is 1. The van der Waals surface area contributed by atoms with Gasteiger partial charge < -0.3 is 9.47 Å². The predicted octanol–water partition coefficient (Wildman–Crippen LogP) is 2.25. The van der Waals surface area contributed by atoms with Crippen molar-refractivity contribution in [2.45, 2.75) is 0 Å². The van der Waals surface area contributed by atoms with E-state index in [0.29, 0.717) is 22.9 Å². The van der Waals surface area contributed by atoms with Gasteiger partial charge in [0.15, 0.2) is 11.5 Å². The van der Waals surface area contributed by atoms with Gasteiger partial charge in [-0.1, -0.05) is 6.07 Å². The summed E-state index contributed by atoms with van der Waals surface area (Å²) < 4.78 is 10.5. The maximum Gasteiger partial charge on any atom is 0.289 e. The summed E-state index contributed by atoms with van der Waals surface area (Å²) in [6.45, 7) is 0. The van der Waals surface area contributed by atoms with Crippen molar-refractivity contribution in [3.63, 3.8) is 0 Å². The van der Waals surface area contributed by atoms with Gasteiger partial charge in [-0.3, -0.25) is 14.9 Å². The third kappa shape index (κ3) is 3.86. The Morgan fingerprint density at radius 1 is 1.15 bits per heavy atom.